The zero-order valence-electron chi connectivity index (χ0n) is 8.28. The predicted octanol–water partition coefficient (Wildman–Crippen LogP) is 4.07. The fraction of sp³-hybridized carbons (Fsp3) is 0. The molecular weight excluding hydrogens is 271 g/mol. The summed E-state index contributed by atoms with van der Waals surface area (Å²) in [6.07, 6.45) is 0.773. The van der Waals surface area contributed by atoms with Gasteiger partial charge in [-0.1, -0.05) is 30.3 Å². The molecule has 2 rings (SSSR count). The first-order chi connectivity index (χ1) is 7.72. The summed E-state index contributed by atoms with van der Waals surface area (Å²) < 4.78 is 13.8. The van der Waals surface area contributed by atoms with Gasteiger partial charge in [0.05, 0.1) is 4.47 Å². The quantitative estimate of drug-likeness (QED) is 0.757. The molecule has 0 saturated carbocycles. The Bertz CT molecular complexity index is 537. The molecule has 0 aliphatic rings. The predicted molar refractivity (Wildman–Crippen MR) is 64.9 cm³/mol. The lowest BCUT2D eigenvalue weighted by atomic mass is 10.0. The van der Waals surface area contributed by atoms with Crippen molar-refractivity contribution in [1.29, 1.82) is 0 Å². The van der Waals surface area contributed by atoms with E-state index < -0.39 is 0 Å². The fourth-order valence-electron chi connectivity index (χ4n) is 1.53. The lowest BCUT2D eigenvalue weighted by Crippen LogP contribution is -1.88. The molecule has 0 aliphatic heterocycles. The number of aldehydes is 1. The van der Waals surface area contributed by atoms with Crippen molar-refractivity contribution in [3.05, 3.63) is 58.3 Å². The van der Waals surface area contributed by atoms with Crippen LogP contribution < -0.4 is 0 Å². The summed E-state index contributed by atoms with van der Waals surface area (Å²) in [6.45, 7) is 0. The number of carbonyl (C=O) groups excluding carboxylic acids is 1. The average Bonchev–Trinajstić information content (AvgIpc) is 2.32. The largest absolute Gasteiger partial charge is 0.298 e. The summed E-state index contributed by atoms with van der Waals surface area (Å²) in [7, 11) is 0. The minimum Gasteiger partial charge on any atom is -0.298 e. The molecular formula is C13H8BrFO. The van der Waals surface area contributed by atoms with Crippen molar-refractivity contribution < 1.29 is 9.18 Å². The molecule has 0 saturated heterocycles. The van der Waals surface area contributed by atoms with E-state index in [1.54, 1.807) is 30.3 Å². The maximum Gasteiger partial charge on any atom is 0.150 e. The Labute approximate surface area is 101 Å². The van der Waals surface area contributed by atoms with Crippen molar-refractivity contribution in [2.75, 3.05) is 0 Å². The summed E-state index contributed by atoms with van der Waals surface area (Å²) in [5.41, 5.74) is 2.00. The van der Waals surface area contributed by atoms with Gasteiger partial charge in [0.2, 0.25) is 0 Å². The second-order valence-corrected chi connectivity index (χ2v) is 4.19. The van der Waals surface area contributed by atoms with E-state index >= 15 is 0 Å². The zero-order chi connectivity index (χ0) is 11.5. The molecule has 0 aliphatic carbocycles. The van der Waals surface area contributed by atoms with Gasteiger partial charge in [-0.05, 0) is 39.2 Å². The normalized spacial score (nSPS) is 10.1. The standard InChI is InChI=1S/C13H8BrFO/c14-12-6-5-9(7-13(12)15)11-4-2-1-3-10(11)8-16/h1-8H. The lowest BCUT2D eigenvalue weighted by molar-refractivity contribution is 0.112. The zero-order valence-corrected chi connectivity index (χ0v) is 9.87. The van der Waals surface area contributed by atoms with Crippen LogP contribution in [0.2, 0.25) is 0 Å². The molecule has 0 spiro atoms. The Balaban J connectivity index is 2.58. The van der Waals surface area contributed by atoms with Gasteiger partial charge in [-0.15, -0.1) is 0 Å². The van der Waals surface area contributed by atoms with Crippen LogP contribution in [0.5, 0.6) is 0 Å². The highest BCUT2D eigenvalue weighted by molar-refractivity contribution is 9.10. The highest BCUT2D eigenvalue weighted by atomic mass is 79.9. The van der Waals surface area contributed by atoms with Crippen molar-refractivity contribution in [3.63, 3.8) is 0 Å². The van der Waals surface area contributed by atoms with Gasteiger partial charge in [-0.3, -0.25) is 4.79 Å². The molecule has 0 fully saturated rings. The molecule has 16 heavy (non-hydrogen) atoms. The molecule has 0 amide bonds. The van der Waals surface area contributed by atoms with E-state index in [0.29, 0.717) is 15.6 Å². The first-order valence-electron chi connectivity index (χ1n) is 4.72. The van der Waals surface area contributed by atoms with E-state index in [2.05, 4.69) is 15.9 Å². The summed E-state index contributed by atoms with van der Waals surface area (Å²) in [5.74, 6) is -0.335. The second-order valence-electron chi connectivity index (χ2n) is 3.33. The van der Waals surface area contributed by atoms with Gasteiger partial charge in [-0.25, -0.2) is 4.39 Å². The fourth-order valence-corrected chi connectivity index (χ4v) is 1.77. The van der Waals surface area contributed by atoms with Crippen LogP contribution in [0.3, 0.4) is 0 Å². The Morgan fingerprint density at radius 3 is 2.56 bits per heavy atom. The lowest BCUT2D eigenvalue weighted by Gasteiger charge is -2.05. The van der Waals surface area contributed by atoms with Gasteiger partial charge in [0.15, 0.2) is 6.29 Å². The molecule has 0 bridgehead atoms. The van der Waals surface area contributed by atoms with Crippen LogP contribution >= 0.6 is 15.9 Å². The van der Waals surface area contributed by atoms with Crippen molar-refractivity contribution in [2.24, 2.45) is 0 Å². The Hall–Kier alpha value is -1.48. The van der Waals surface area contributed by atoms with Gasteiger partial charge in [0.1, 0.15) is 5.82 Å². The number of halogens is 2. The number of carbonyl (C=O) groups is 1. The minimum atomic E-state index is -0.335. The highest BCUT2D eigenvalue weighted by Crippen LogP contribution is 2.26. The van der Waals surface area contributed by atoms with Crippen LogP contribution in [0, 0.1) is 5.82 Å². The van der Waals surface area contributed by atoms with Gasteiger partial charge < -0.3 is 0 Å². The van der Waals surface area contributed by atoms with Gasteiger partial charge in [0.25, 0.3) is 0 Å². The van der Waals surface area contributed by atoms with E-state index in [-0.39, 0.29) is 5.82 Å². The SMILES string of the molecule is O=Cc1ccccc1-c1ccc(Br)c(F)c1. The molecule has 2 aromatic carbocycles. The van der Waals surface area contributed by atoms with Crippen LogP contribution in [0.15, 0.2) is 46.9 Å². The Morgan fingerprint density at radius 1 is 1.12 bits per heavy atom. The van der Waals surface area contributed by atoms with Gasteiger partial charge in [-0.2, -0.15) is 0 Å². The van der Waals surface area contributed by atoms with Crippen LogP contribution in [-0.4, -0.2) is 6.29 Å². The Morgan fingerprint density at radius 2 is 1.88 bits per heavy atom. The monoisotopic (exact) mass is 278 g/mol. The Kier molecular flexibility index (Phi) is 3.15. The number of benzene rings is 2. The summed E-state index contributed by atoms with van der Waals surface area (Å²) in [6, 6.07) is 11.9. The van der Waals surface area contributed by atoms with E-state index in [9.17, 15) is 9.18 Å². The van der Waals surface area contributed by atoms with E-state index in [4.69, 9.17) is 0 Å². The molecule has 0 aromatic heterocycles. The topological polar surface area (TPSA) is 17.1 Å². The van der Waals surface area contributed by atoms with E-state index in [1.165, 1.54) is 6.07 Å². The molecule has 0 heterocycles. The third-order valence-electron chi connectivity index (χ3n) is 2.32. The molecule has 80 valence electrons. The summed E-state index contributed by atoms with van der Waals surface area (Å²) in [4.78, 5) is 10.8. The van der Waals surface area contributed by atoms with Gasteiger partial charge in [0, 0.05) is 5.56 Å². The van der Waals surface area contributed by atoms with Crippen molar-refractivity contribution in [1.82, 2.24) is 0 Å². The second kappa shape index (κ2) is 4.58. The minimum absolute atomic E-state index is 0.335. The molecule has 1 nitrogen and oxygen atoms in total. The third kappa shape index (κ3) is 2.04. The third-order valence-corrected chi connectivity index (χ3v) is 2.96. The maximum atomic E-state index is 13.4. The van der Waals surface area contributed by atoms with Crippen LogP contribution in [-0.2, 0) is 0 Å². The average molecular weight is 279 g/mol. The van der Waals surface area contributed by atoms with Crippen LogP contribution in [0.25, 0.3) is 11.1 Å². The van der Waals surface area contributed by atoms with Crippen molar-refractivity contribution >= 4 is 22.2 Å². The van der Waals surface area contributed by atoms with Crippen LogP contribution in [0.1, 0.15) is 10.4 Å². The maximum absolute atomic E-state index is 13.4. The van der Waals surface area contributed by atoms with Crippen molar-refractivity contribution in [2.45, 2.75) is 0 Å². The molecule has 3 heteroatoms. The molecule has 0 unspecified atom stereocenters. The van der Waals surface area contributed by atoms with E-state index in [1.807, 2.05) is 6.07 Å². The first-order valence-corrected chi connectivity index (χ1v) is 5.51. The highest BCUT2D eigenvalue weighted by Gasteiger charge is 2.06. The first kappa shape index (κ1) is 11.0. The van der Waals surface area contributed by atoms with Crippen molar-refractivity contribution in [3.8, 4) is 11.1 Å². The summed E-state index contributed by atoms with van der Waals surface area (Å²) in [5, 5.41) is 0. The molecule has 0 N–H and O–H groups in total. The van der Waals surface area contributed by atoms with Crippen LogP contribution in [0.4, 0.5) is 4.39 Å². The molecule has 0 atom stereocenters. The number of rotatable bonds is 2. The number of hydrogen-bond donors (Lipinski definition) is 0. The van der Waals surface area contributed by atoms with E-state index in [0.717, 1.165) is 11.8 Å². The van der Waals surface area contributed by atoms with Gasteiger partial charge >= 0.3 is 0 Å². The molecule has 2 aromatic rings. The summed E-state index contributed by atoms with van der Waals surface area (Å²) >= 11 is 3.09. The molecule has 0 radical (unpaired) electrons. The number of hydrogen-bond acceptors (Lipinski definition) is 1. The smallest absolute Gasteiger partial charge is 0.150 e.